The van der Waals surface area contributed by atoms with Crippen LogP contribution in [0.4, 0.5) is 5.82 Å². The molecule has 3 rings (SSSR count). The molecule has 2 N–H and O–H groups in total. The molecule has 4 nitrogen and oxygen atoms in total. The van der Waals surface area contributed by atoms with Gasteiger partial charge in [-0.3, -0.25) is 4.79 Å². The van der Waals surface area contributed by atoms with Crippen LogP contribution in [0, 0.1) is 6.92 Å². The molecule has 3 aromatic rings. The van der Waals surface area contributed by atoms with Crippen LogP contribution in [-0.4, -0.2) is 9.97 Å². The molecule has 5 heteroatoms. The molecule has 96 valence electrons. The summed E-state index contributed by atoms with van der Waals surface area (Å²) < 4.78 is 0. The summed E-state index contributed by atoms with van der Waals surface area (Å²) in [7, 11) is 0. The second-order valence-corrected chi connectivity index (χ2v) is 5.64. The molecule has 0 aliphatic rings. The molecule has 2 heterocycles. The number of hydrogen-bond donors (Lipinski definition) is 2. The topological polar surface area (TPSA) is 57.8 Å². The van der Waals surface area contributed by atoms with Gasteiger partial charge in [-0.05, 0) is 24.4 Å². The number of nitrogens with one attached hydrogen (secondary N) is 2. The average Bonchev–Trinajstić information content (AvgIpc) is 2.82. The van der Waals surface area contributed by atoms with Crippen molar-refractivity contribution in [3.63, 3.8) is 0 Å². The normalized spacial score (nSPS) is 10.8. The molecule has 2 aromatic heterocycles. The number of aromatic nitrogens is 2. The van der Waals surface area contributed by atoms with E-state index in [4.69, 9.17) is 0 Å². The van der Waals surface area contributed by atoms with Crippen LogP contribution >= 0.6 is 11.3 Å². The molecular formula is C14H13N3OS. The minimum Gasteiger partial charge on any atom is -0.365 e. The van der Waals surface area contributed by atoms with Gasteiger partial charge in [0.15, 0.2) is 0 Å². The number of fused-ring (bicyclic) bond motifs is 1. The lowest BCUT2D eigenvalue weighted by molar-refractivity contribution is 1.07. The van der Waals surface area contributed by atoms with E-state index in [-0.39, 0.29) is 5.56 Å². The number of thiazole rings is 1. The summed E-state index contributed by atoms with van der Waals surface area (Å²) in [6.07, 6.45) is 1.85. The van der Waals surface area contributed by atoms with E-state index in [0.29, 0.717) is 11.9 Å². The molecule has 0 unspecified atom stereocenters. The number of hydrogen-bond acceptors (Lipinski definition) is 4. The first kappa shape index (κ1) is 11.9. The Hall–Kier alpha value is -2.14. The summed E-state index contributed by atoms with van der Waals surface area (Å²) in [6.45, 7) is 2.64. The molecule has 0 radical (unpaired) electrons. The SMILES string of the molecule is Cc1cnc(CNc2cc3ccccc3c(=O)[nH]2)s1. The van der Waals surface area contributed by atoms with E-state index in [1.54, 1.807) is 11.3 Å². The van der Waals surface area contributed by atoms with Crippen molar-refractivity contribution in [3.8, 4) is 0 Å². The molecule has 0 atom stereocenters. The smallest absolute Gasteiger partial charge is 0.257 e. The van der Waals surface area contributed by atoms with Gasteiger partial charge in [0.1, 0.15) is 10.8 Å². The summed E-state index contributed by atoms with van der Waals surface area (Å²) in [5, 5.41) is 5.85. The largest absolute Gasteiger partial charge is 0.365 e. The van der Waals surface area contributed by atoms with Gasteiger partial charge < -0.3 is 10.3 Å². The van der Waals surface area contributed by atoms with Crippen molar-refractivity contribution >= 4 is 27.9 Å². The Balaban J connectivity index is 1.87. The molecule has 19 heavy (non-hydrogen) atoms. The highest BCUT2D eigenvalue weighted by molar-refractivity contribution is 7.11. The van der Waals surface area contributed by atoms with E-state index in [9.17, 15) is 4.79 Å². The maximum atomic E-state index is 11.9. The molecule has 0 fully saturated rings. The van der Waals surface area contributed by atoms with Gasteiger partial charge in [0.2, 0.25) is 0 Å². The van der Waals surface area contributed by atoms with E-state index in [0.717, 1.165) is 16.2 Å². The summed E-state index contributed by atoms with van der Waals surface area (Å²) in [5.41, 5.74) is -0.0732. The minimum atomic E-state index is -0.0732. The number of rotatable bonds is 3. The standard InChI is InChI=1S/C14H13N3OS/c1-9-7-16-13(19-9)8-15-12-6-10-4-2-3-5-11(10)14(18)17-12/h2-7H,8H2,1H3,(H2,15,17,18). The van der Waals surface area contributed by atoms with Crippen LogP contribution in [0.2, 0.25) is 0 Å². The lowest BCUT2D eigenvalue weighted by Gasteiger charge is -2.05. The minimum absolute atomic E-state index is 0.0732. The fraction of sp³-hybridized carbons (Fsp3) is 0.143. The molecule has 0 saturated carbocycles. The van der Waals surface area contributed by atoms with E-state index in [1.165, 1.54) is 4.88 Å². The highest BCUT2D eigenvalue weighted by atomic mass is 32.1. The molecule has 1 aromatic carbocycles. The molecule has 0 saturated heterocycles. The zero-order chi connectivity index (χ0) is 13.2. The van der Waals surface area contributed by atoms with Gasteiger partial charge in [-0.15, -0.1) is 11.3 Å². The van der Waals surface area contributed by atoms with Crippen LogP contribution in [0.15, 0.2) is 41.3 Å². The van der Waals surface area contributed by atoms with Crippen molar-refractivity contribution in [1.29, 1.82) is 0 Å². The second-order valence-electron chi connectivity index (χ2n) is 4.32. The number of benzene rings is 1. The zero-order valence-corrected chi connectivity index (χ0v) is 11.3. The van der Waals surface area contributed by atoms with Crippen molar-refractivity contribution in [2.24, 2.45) is 0 Å². The van der Waals surface area contributed by atoms with Gasteiger partial charge in [-0.25, -0.2) is 4.98 Å². The molecule has 0 amide bonds. The van der Waals surface area contributed by atoms with Gasteiger partial charge >= 0.3 is 0 Å². The number of pyridine rings is 1. The summed E-state index contributed by atoms with van der Waals surface area (Å²) in [5.74, 6) is 0.719. The van der Waals surface area contributed by atoms with E-state index in [1.807, 2.05) is 43.5 Å². The van der Waals surface area contributed by atoms with Gasteiger partial charge in [-0.1, -0.05) is 18.2 Å². The van der Waals surface area contributed by atoms with Crippen LogP contribution in [-0.2, 0) is 6.54 Å². The molecule has 0 aliphatic carbocycles. The Labute approximate surface area is 114 Å². The van der Waals surface area contributed by atoms with Gasteiger partial charge in [-0.2, -0.15) is 0 Å². The second kappa shape index (κ2) is 4.85. The van der Waals surface area contributed by atoms with Crippen molar-refractivity contribution in [2.75, 3.05) is 5.32 Å². The number of anilines is 1. The molecule has 0 spiro atoms. The Bertz CT molecular complexity index is 775. The predicted molar refractivity (Wildman–Crippen MR) is 78.7 cm³/mol. The van der Waals surface area contributed by atoms with E-state index in [2.05, 4.69) is 15.3 Å². The number of aryl methyl sites for hydroxylation is 1. The van der Waals surface area contributed by atoms with Crippen LogP contribution in [0.1, 0.15) is 9.88 Å². The van der Waals surface area contributed by atoms with Crippen LogP contribution in [0.5, 0.6) is 0 Å². The quantitative estimate of drug-likeness (QED) is 0.770. The van der Waals surface area contributed by atoms with Gasteiger partial charge in [0.05, 0.1) is 6.54 Å². The van der Waals surface area contributed by atoms with E-state index >= 15 is 0 Å². The maximum Gasteiger partial charge on any atom is 0.257 e. The van der Waals surface area contributed by atoms with Crippen LogP contribution in [0.3, 0.4) is 0 Å². The molecule has 0 bridgehead atoms. The fourth-order valence-electron chi connectivity index (χ4n) is 1.96. The first-order chi connectivity index (χ1) is 9.22. The summed E-state index contributed by atoms with van der Waals surface area (Å²) in [6, 6.07) is 9.49. The third-order valence-corrected chi connectivity index (χ3v) is 3.77. The highest BCUT2D eigenvalue weighted by Gasteiger charge is 2.02. The monoisotopic (exact) mass is 271 g/mol. The molecular weight excluding hydrogens is 258 g/mol. The Morgan fingerprint density at radius 2 is 2.21 bits per heavy atom. The lowest BCUT2D eigenvalue weighted by Crippen LogP contribution is -2.10. The predicted octanol–water partition coefficient (Wildman–Crippen LogP) is 2.91. The number of H-pyrrole nitrogens is 1. The zero-order valence-electron chi connectivity index (χ0n) is 10.4. The third-order valence-electron chi connectivity index (χ3n) is 2.85. The third kappa shape index (κ3) is 2.51. The first-order valence-electron chi connectivity index (χ1n) is 5.99. The number of nitrogens with zero attached hydrogens (tertiary/aromatic N) is 1. The Kier molecular flexibility index (Phi) is 3.05. The maximum absolute atomic E-state index is 11.9. The molecule has 0 aliphatic heterocycles. The summed E-state index contributed by atoms with van der Waals surface area (Å²) >= 11 is 1.65. The van der Waals surface area contributed by atoms with Gasteiger partial charge in [0, 0.05) is 16.5 Å². The summed E-state index contributed by atoms with van der Waals surface area (Å²) in [4.78, 5) is 20.2. The Morgan fingerprint density at radius 1 is 1.37 bits per heavy atom. The van der Waals surface area contributed by atoms with Crippen molar-refractivity contribution in [3.05, 3.63) is 56.8 Å². The van der Waals surface area contributed by atoms with Crippen molar-refractivity contribution < 1.29 is 0 Å². The van der Waals surface area contributed by atoms with Gasteiger partial charge in [0.25, 0.3) is 5.56 Å². The average molecular weight is 271 g/mol. The van der Waals surface area contributed by atoms with Crippen LogP contribution in [0.25, 0.3) is 10.8 Å². The van der Waals surface area contributed by atoms with Crippen molar-refractivity contribution in [2.45, 2.75) is 13.5 Å². The number of aromatic amines is 1. The Morgan fingerprint density at radius 3 is 3.00 bits per heavy atom. The lowest BCUT2D eigenvalue weighted by atomic mass is 10.2. The first-order valence-corrected chi connectivity index (χ1v) is 6.81. The highest BCUT2D eigenvalue weighted by Crippen LogP contribution is 2.15. The fourth-order valence-corrected chi connectivity index (χ4v) is 2.69. The van der Waals surface area contributed by atoms with Crippen LogP contribution < -0.4 is 10.9 Å². The van der Waals surface area contributed by atoms with E-state index < -0.39 is 0 Å². The van der Waals surface area contributed by atoms with Crippen molar-refractivity contribution in [1.82, 2.24) is 9.97 Å².